The zero-order valence-electron chi connectivity index (χ0n) is 10.1. The van der Waals surface area contributed by atoms with Crippen LogP contribution in [0.4, 0.5) is 0 Å². The van der Waals surface area contributed by atoms with Crippen molar-refractivity contribution in [1.82, 2.24) is 9.78 Å². The molecule has 1 aliphatic rings. The van der Waals surface area contributed by atoms with Crippen LogP contribution in [0.5, 0.6) is 0 Å². The standard InChI is InChI=1S/C13H16N2S2/c1-9(2)15-12-4-6-17-8-11(12)13(14-15)10-3-5-16-7-10/h3,5,7,9H,4,6,8H2,1-2H3. The topological polar surface area (TPSA) is 17.8 Å². The molecule has 0 aromatic carbocycles. The Morgan fingerprint density at radius 1 is 1.41 bits per heavy atom. The quantitative estimate of drug-likeness (QED) is 0.816. The van der Waals surface area contributed by atoms with Crippen LogP contribution in [0.15, 0.2) is 16.8 Å². The first-order valence-corrected chi connectivity index (χ1v) is 8.07. The van der Waals surface area contributed by atoms with Crippen molar-refractivity contribution in [3.63, 3.8) is 0 Å². The fourth-order valence-electron chi connectivity index (χ4n) is 2.32. The van der Waals surface area contributed by atoms with Crippen LogP contribution in [0.3, 0.4) is 0 Å². The van der Waals surface area contributed by atoms with Crippen LogP contribution in [0, 0.1) is 0 Å². The fraction of sp³-hybridized carbons (Fsp3) is 0.462. The lowest BCUT2D eigenvalue weighted by molar-refractivity contribution is 0.512. The largest absolute Gasteiger partial charge is 0.266 e. The molecule has 2 aromatic heterocycles. The van der Waals surface area contributed by atoms with Gasteiger partial charge in [0.1, 0.15) is 0 Å². The van der Waals surface area contributed by atoms with Gasteiger partial charge in [0.2, 0.25) is 0 Å². The van der Waals surface area contributed by atoms with Gasteiger partial charge in [0, 0.05) is 34.0 Å². The smallest absolute Gasteiger partial charge is 0.0974 e. The molecule has 0 saturated carbocycles. The highest BCUT2D eigenvalue weighted by Gasteiger charge is 2.22. The van der Waals surface area contributed by atoms with E-state index in [4.69, 9.17) is 5.10 Å². The fourth-order valence-corrected chi connectivity index (χ4v) is 3.95. The first-order valence-electron chi connectivity index (χ1n) is 5.98. The number of rotatable bonds is 2. The van der Waals surface area contributed by atoms with Crippen molar-refractivity contribution in [2.24, 2.45) is 0 Å². The van der Waals surface area contributed by atoms with Crippen LogP contribution in [0.25, 0.3) is 11.3 Å². The molecule has 2 aromatic rings. The highest BCUT2D eigenvalue weighted by Crippen LogP contribution is 2.35. The highest BCUT2D eigenvalue weighted by molar-refractivity contribution is 7.98. The van der Waals surface area contributed by atoms with Crippen LogP contribution < -0.4 is 0 Å². The van der Waals surface area contributed by atoms with Gasteiger partial charge in [-0.2, -0.15) is 28.2 Å². The summed E-state index contributed by atoms with van der Waals surface area (Å²) in [5.41, 5.74) is 5.42. The van der Waals surface area contributed by atoms with Gasteiger partial charge in [-0.05, 0) is 37.5 Å². The molecular weight excluding hydrogens is 248 g/mol. The molecule has 0 bridgehead atoms. The molecule has 4 heteroatoms. The molecular formula is C13H16N2S2. The molecule has 1 aliphatic heterocycles. The Hall–Kier alpha value is -0.740. The summed E-state index contributed by atoms with van der Waals surface area (Å²) in [4.78, 5) is 0. The third kappa shape index (κ3) is 1.93. The van der Waals surface area contributed by atoms with E-state index in [0.717, 1.165) is 12.2 Å². The van der Waals surface area contributed by atoms with Crippen molar-refractivity contribution < 1.29 is 0 Å². The molecule has 0 spiro atoms. The summed E-state index contributed by atoms with van der Waals surface area (Å²) in [7, 11) is 0. The maximum absolute atomic E-state index is 4.84. The Morgan fingerprint density at radius 3 is 3.00 bits per heavy atom. The zero-order valence-corrected chi connectivity index (χ0v) is 11.8. The Morgan fingerprint density at radius 2 is 2.29 bits per heavy atom. The van der Waals surface area contributed by atoms with Crippen molar-refractivity contribution in [3.05, 3.63) is 28.1 Å². The van der Waals surface area contributed by atoms with Crippen molar-refractivity contribution in [2.75, 3.05) is 5.75 Å². The molecule has 2 nitrogen and oxygen atoms in total. The second-order valence-electron chi connectivity index (χ2n) is 4.63. The van der Waals surface area contributed by atoms with Crippen LogP contribution in [-0.2, 0) is 12.2 Å². The first kappa shape index (κ1) is 11.4. The Bertz CT molecular complexity index is 512. The van der Waals surface area contributed by atoms with E-state index in [1.54, 1.807) is 11.3 Å². The molecule has 3 heterocycles. The lowest BCUT2D eigenvalue weighted by Gasteiger charge is -2.15. The minimum atomic E-state index is 0.458. The number of hydrogen-bond acceptors (Lipinski definition) is 3. The predicted molar refractivity (Wildman–Crippen MR) is 75.8 cm³/mol. The number of aromatic nitrogens is 2. The maximum Gasteiger partial charge on any atom is 0.0974 e. The van der Waals surface area contributed by atoms with Crippen molar-refractivity contribution in [3.8, 4) is 11.3 Å². The predicted octanol–water partition coefficient (Wildman–Crippen LogP) is 3.98. The lowest BCUT2D eigenvalue weighted by atomic mass is 10.1. The van der Waals surface area contributed by atoms with Crippen LogP contribution in [0.2, 0.25) is 0 Å². The third-order valence-electron chi connectivity index (χ3n) is 3.13. The van der Waals surface area contributed by atoms with Gasteiger partial charge in [-0.3, -0.25) is 4.68 Å². The molecule has 0 amide bonds. The summed E-state index contributed by atoms with van der Waals surface area (Å²) in [5, 5.41) is 9.18. The van der Waals surface area contributed by atoms with Gasteiger partial charge < -0.3 is 0 Å². The van der Waals surface area contributed by atoms with Gasteiger partial charge in [0.05, 0.1) is 5.69 Å². The Labute approximate surface area is 110 Å². The summed E-state index contributed by atoms with van der Waals surface area (Å²) in [6, 6.07) is 2.64. The van der Waals surface area contributed by atoms with Gasteiger partial charge in [-0.25, -0.2) is 0 Å². The number of hydrogen-bond donors (Lipinski definition) is 0. The van der Waals surface area contributed by atoms with Gasteiger partial charge >= 0.3 is 0 Å². The van der Waals surface area contributed by atoms with E-state index in [9.17, 15) is 0 Å². The van der Waals surface area contributed by atoms with E-state index in [-0.39, 0.29) is 0 Å². The second kappa shape index (κ2) is 4.50. The monoisotopic (exact) mass is 264 g/mol. The molecule has 0 unspecified atom stereocenters. The molecule has 0 radical (unpaired) electrons. The lowest BCUT2D eigenvalue weighted by Crippen LogP contribution is -2.11. The molecule has 0 aliphatic carbocycles. The van der Waals surface area contributed by atoms with Crippen molar-refractivity contribution in [1.29, 1.82) is 0 Å². The highest BCUT2D eigenvalue weighted by atomic mass is 32.2. The zero-order chi connectivity index (χ0) is 11.8. The van der Waals surface area contributed by atoms with Crippen molar-refractivity contribution >= 4 is 23.1 Å². The summed E-state index contributed by atoms with van der Waals surface area (Å²) >= 11 is 3.77. The minimum Gasteiger partial charge on any atom is -0.266 e. The number of thiophene rings is 1. The molecule has 90 valence electrons. The third-order valence-corrected chi connectivity index (χ3v) is 4.80. The number of nitrogens with zero attached hydrogens (tertiary/aromatic N) is 2. The Balaban J connectivity index is 2.16. The van der Waals surface area contributed by atoms with Gasteiger partial charge in [-0.15, -0.1) is 0 Å². The summed E-state index contributed by atoms with van der Waals surface area (Å²) < 4.78 is 2.22. The number of fused-ring (bicyclic) bond motifs is 1. The number of thioether (sulfide) groups is 1. The molecule has 3 rings (SSSR count). The van der Waals surface area contributed by atoms with Gasteiger partial charge in [0.25, 0.3) is 0 Å². The van der Waals surface area contributed by atoms with Crippen LogP contribution in [0.1, 0.15) is 31.1 Å². The maximum atomic E-state index is 4.84. The van der Waals surface area contributed by atoms with E-state index >= 15 is 0 Å². The van der Waals surface area contributed by atoms with Crippen molar-refractivity contribution in [2.45, 2.75) is 32.1 Å². The van der Waals surface area contributed by atoms with E-state index in [0.29, 0.717) is 6.04 Å². The molecule has 0 atom stereocenters. The minimum absolute atomic E-state index is 0.458. The average Bonchev–Trinajstić information content (AvgIpc) is 2.95. The van der Waals surface area contributed by atoms with Crippen LogP contribution >= 0.6 is 23.1 Å². The van der Waals surface area contributed by atoms with Gasteiger partial charge in [0.15, 0.2) is 0 Å². The summed E-state index contributed by atoms with van der Waals surface area (Å²) in [6.07, 6.45) is 1.16. The second-order valence-corrected chi connectivity index (χ2v) is 6.51. The SMILES string of the molecule is CC(C)n1nc(-c2ccsc2)c2c1CCSC2. The normalized spacial score (nSPS) is 15.2. The van der Waals surface area contributed by atoms with Crippen LogP contribution in [-0.4, -0.2) is 15.5 Å². The van der Waals surface area contributed by atoms with Gasteiger partial charge in [-0.1, -0.05) is 0 Å². The summed E-state index contributed by atoms with van der Waals surface area (Å²) in [6.45, 7) is 4.43. The summed E-state index contributed by atoms with van der Waals surface area (Å²) in [5.74, 6) is 2.35. The van der Waals surface area contributed by atoms with E-state index in [1.807, 2.05) is 11.8 Å². The Kier molecular flexibility index (Phi) is 3.01. The molecule has 0 saturated heterocycles. The first-order chi connectivity index (χ1) is 8.27. The molecule has 17 heavy (non-hydrogen) atoms. The van der Waals surface area contributed by atoms with E-state index in [1.165, 1.54) is 28.3 Å². The van der Waals surface area contributed by atoms with E-state index in [2.05, 4.69) is 35.4 Å². The van der Waals surface area contributed by atoms with E-state index < -0.39 is 0 Å². The molecule has 0 fully saturated rings. The molecule has 0 N–H and O–H groups in total. The average molecular weight is 264 g/mol.